The van der Waals surface area contributed by atoms with Gasteiger partial charge in [0, 0.05) is 11.1 Å². The number of fused-ring (bicyclic) bond motifs is 2. The van der Waals surface area contributed by atoms with Gasteiger partial charge in [-0.05, 0) is 26.2 Å². The number of rotatable bonds is 3. The first-order valence-corrected chi connectivity index (χ1v) is 7.90. The number of carbonyl (C=O) groups is 1. The van der Waals surface area contributed by atoms with Crippen LogP contribution >= 0.6 is 0 Å². The Balaban J connectivity index is 1.81. The highest BCUT2D eigenvalue weighted by atomic mass is 16.5. The van der Waals surface area contributed by atoms with Crippen LogP contribution in [-0.2, 0) is 4.79 Å². The van der Waals surface area contributed by atoms with Gasteiger partial charge in [-0.1, -0.05) is 48.2 Å². The molecule has 0 saturated carbocycles. The number of para-hydroxylation sites is 2. The zero-order valence-electron chi connectivity index (χ0n) is 13.9. The standard InChI is InChI=1S/C20H20N2O2/c1-22(2)14-8-7-13-21-20(23)19-15-9-3-5-11-17(15)24-18-12-6-4-10-16(18)19/h3-6,9-12,19H,13-14H2,1-2H3,(H,21,23). The van der Waals surface area contributed by atoms with E-state index in [1.165, 1.54) is 0 Å². The summed E-state index contributed by atoms with van der Waals surface area (Å²) in [6, 6.07) is 15.3. The van der Waals surface area contributed by atoms with Crippen LogP contribution in [0.3, 0.4) is 0 Å². The first-order valence-electron chi connectivity index (χ1n) is 7.90. The average molecular weight is 320 g/mol. The van der Waals surface area contributed by atoms with Crippen LogP contribution in [0.5, 0.6) is 11.5 Å². The maximum Gasteiger partial charge on any atom is 0.233 e. The molecule has 2 aromatic carbocycles. The Labute approximate surface area is 142 Å². The largest absolute Gasteiger partial charge is 0.457 e. The highest BCUT2D eigenvalue weighted by molar-refractivity contribution is 5.89. The lowest BCUT2D eigenvalue weighted by Crippen LogP contribution is -2.31. The summed E-state index contributed by atoms with van der Waals surface area (Å²) in [5, 5.41) is 2.92. The second-order valence-electron chi connectivity index (χ2n) is 5.92. The van der Waals surface area contributed by atoms with Gasteiger partial charge >= 0.3 is 0 Å². The van der Waals surface area contributed by atoms with Gasteiger partial charge in [-0.2, -0.15) is 0 Å². The minimum absolute atomic E-state index is 0.0580. The Morgan fingerprint density at radius 2 is 1.62 bits per heavy atom. The van der Waals surface area contributed by atoms with E-state index in [-0.39, 0.29) is 11.8 Å². The monoisotopic (exact) mass is 320 g/mol. The van der Waals surface area contributed by atoms with Gasteiger partial charge in [0.25, 0.3) is 0 Å². The summed E-state index contributed by atoms with van der Waals surface area (Å²) < 4.78 is 5.91. The van der Waals surface area contributed by atoms with Crippen LogP contribution in [-0.4, -0.2) is 38.0 Å². The number of nitrogens with one attached hydrogen (secondary N) is 1. The van der Waals surface area contributed by atoms with Gasteiger partial charge < -0.3 is 10.1 Å². The molecule has 1 amide bonds. The van der Waals surface area contributed by atoms with Crippen molar-refractivity contribution < 1.29 is 9.53 Å². The fraction of sp³-hybridized carbons (Fsp3) is 0.250. The van der Waals surface area contributed by atoms with Crippen LogP contribution in [0.15, 0.2) is 48.5 Å². The molecule has 4 heteroatoms. The number of hydrogen-bond acceptors (Lipinski definition) is 3. The van der Waals surface area contributed by atoms with Crippen LogP contribution in [0.1, 0.15) is 17.0 Å². The fourth-order valence-corrected chi connectivity index (χ4v) is 2.70. The second kappa shape index (κ2) is 7.20. The third kappa shape index (κ3) is 3.42. The summed E-state index contributed by atoms with van der Waals surface area (Å²) in [7, 11) is 3.92. The summed E-state index contributed by atoms with van der Waals surface area (Å²) >= 11 is 0. The molecule has 3 rings (SSSR count). The smallest absolute Gasteiger partial charge is 0.233 e. The van der Waals surface area contributed by atoms with E-state index in [0.717, 1.165) is 22.6 Å². The number of amides is 1. The number of hydrogen-bond donors (Lipinski definition) is 1. The van der Waals surface area contributed by atoms with Gasteiger partial charge in [0.05, 0.1) is 19.0 Å². The molecule has 0 spiro atoms. The quantitative estimate of drug-likeness (QED) is 0.884. The lowest BCUT2D eigenvalue weighted by Gasteiger charge is -2.27. The van der Waals surface area contributed by atoms with Crippen LogP contribution in [0, 0.1) is 11.8 Å². The third-order valence-electron chi connectivity index (χ3n) is 3.81. The maximum atomic E-state index is 12.8. The Bertz CT molecular complexity index is 757. The van der Waals surface area contributed by atoms with Crippen molar-refractivity contribution in [2.45, 2.75) is 5.92 Å². The normalized spacial score (nSPS) is 12.5. The van der Waals surface area contributed by atoms with Gasteiger partial charge in [-0.3, -0.25) is 9.69 Å². The number of ether oxygens (including phenoxy) is 1. The predicted molar refractivity (Wildman–Crippen MR) is 94.1 cm³/mol. The molecule has 0 bridgehead atoms. The Hall–Kier alpha value is -2.77. The molecule has 1 heterocycles. The number of benzene rings is 2. The van der Waals surface area contributed by atoms with E-state index < -0.39 is 0 Å². The van der Waals surface area contributed by atoms with Crippen LogP contribution in [0.4, 0.5) is 0 Å². The Morgan fingerprint density at radius 3 is 2.21 bits per heavy atom. The molecule has 122 valence electrons. The second-order valence-corrected chi connectivity index (χ2v) is 5.92. The van der Waals surface area contributed by atoms with Gasteiger partial charge in [0.2, 0.25) is 5.91 Å². The molecule has 1 aliphatic rings. The molecule has 0 fully saturated rings. The van der Waals surface area contributed by atoms with E-state index in [2.05, 4.69) is 17.2 Å². The molecule has 0 aromatic heterocycles. The Morgan fingerprint density at radius 1 is 1.04 bits per heavy atom. The van der Waals surface area contributed by atoms with Gasteiger partial charge in [-0.25, -0.2) is 0 Å². The van der Waals surface area contributed by atoms with E-state index in [1.54, 1.807) is 0 Å². The molecular formula is C20H20N2O2. The number of carbonyl (C=O) groups excluding carboxylic acids is 1. The summed E-state index contributed by atoms with van der Waals surface area (Å²) in [5.41, 5.74) is 1.77. The van der Waals surface area contributed by atoms with E-state index in [1.807, 2.05) is 67.5 Å². The van der Waals surface area contributed by atoms with Crippen LogP contribution < -0.4 is 10.1 Å². The molecule has 0 saturated heterocycles. The van der Waals surface area contributed by atoms with Gasteiger partial charge in [0.15, 0.2) is 0 Å². The van der Waals surface area contributed by atoms with Crippen molar-refractivity contribution in [2.75, 3.05) is 27.2 Å². The SMILES string of the molecule is CN(C)CC#CCNC(=O)C1c2ccccc2Oc2ccccc21. The molecule has 0 atom stereocenters. The van der Waals surface area contributed by atoms with Crippen molar-refractivity contribution in [3.63, 3.8) is 0 Å². The molecule has 1 N–H and O–H groups in total. The zero-order chi connectivity index (χ0) is 16.9. The minimum Gasteiger partial charge on any atom is -0.457 e. The maximum absolute atomic E-state index is 12.8. The van der Waals surface area contributed by atoms with Crippen molar-refractivity contribution in [3.8, 4) is 23.3 Å². The van der Waals surface area contributed by atoms with Crippen molar-refractivity contribution >= 4 is 5.91 Å². The average Bonchev–Trinajstić information content (AvgIpc) is 2.58. The topological polar surface area (TPSA) is 41.6 Å². The lowest BCUT2D eigenvalue weighted by molar-refractivity contribution is -0.121. The zero-order valence-corrected chi connectivity index (χ0v) is 13.9. The third-order valence-corrected chi connectivity index (χ3v) is 3.81. The molecule has 1 aliphatic heterocycles. The highest BCUT2D eigenvalue weighted by Crippen LogP contribution is 2.43. The van der Waals surface area contributed by atoms with E-state index >= 15 is 0 Å². The fourth-order valence-electron chi connectivity index (χ4n) is 2.70. The number of nitrogens with zero attached hydrogens (tertiary/aromatic N) is 1. The van der Waals surface area contributed by atoms with Crippen molar-refractivity contribution in [1.29, 1.82) is 0 Å². The van der Waals surface area contributed by atoms with Crippen LogP contribution in [0.2, 0.25) is 0 Å². The Kier molecular flexibility index (Phi) is 4.83. The molecule has 0 unspecified atom stereocenters. The van der Waals surface area contributed by atoms with Crippen molar-refractivity contribution in [2.24, 2.45) is 0 Å². The summed E-state index contributed by atoms with van der Waals surface area (Å²) in [6.45, 7) is 1.02. The molecule has 24 heavy (non-hydrogen) atoms. The molecular weight excluding hydrogens is 300 g/mol. The highest BCUT2D eigenvalue weighted by Gasteiger charge is 2.31. The molecule has 0 aliphatic carbocycles. The molecule has 2 aromatic rings. The lowest BCUT2D eigenvalue weighted by atomic mass is 9.87. The van der Waals surface area contributed by atoms with Gasteiger partial charge in [0.1, 0.15) is 11.5 Å². The summed E-state index contributed by atoms with van der Waals surface area (Å²) in [5.74, 6) is 7.03. The minimum atomic E-state index is -0.373. The first kappa shape index (κ1) is 16.1. The predicted octanol–water partition coefficient (Wildman–Crippen LogP) is 2.61. The van der Waals surface area contributed by atoms with E-state index in [0.29, 0.717) is 13.1 Å². The first-order chi connectivity index (χ1) is 11.7. The molecule has 0 radical (unpaired) electrons. The summed E-state index contributed by atoms with van der Waals surface area (Å²) in [4.78, 5) is 14.8. The van der Waals surface area contributed by atoms with Crippen molar-refractivity contribution in [1.82, 2.24) is 10.2 Å². The van der Waals surface area contributed by atoms with Gasteiger partial charge in [-0.15, -0.1) is 0 Å². The van der Waals surface area contributed by atoms with E-state index in [9.17, 15) is 4.79 Å². The summed E-state index contributed by atoms with van der Waals surface area (Å²) in [6.07, 6.45) is 0. The van der Waals surface area contributed by atoms with Crippen LogP contribution in [0.25, 0.3) is 0 Å². The molecule has 4 nitrogen and oxygen atoms in total. The van der Waals surface area contributed by atoms with E-state index in [4.69, 9.17) is 4.74 Å². The van der Waals surface area contributed by atoms with Crippen molar-refractivity contribution in [3.05, 3.63) is 59.7 Å².